The molecule has 3 atom stereocenters. The van der Waals surface area contributed by atoms with E-state index in [1.165, 1.54) is 45.1 Å². The number of carbonyl (C=O) groups is 1. The van der Waals surface area contributed by atoms with E-state index in [9.17, 15) is 4.79 Å². The molecule has 0 spiro atoms. The second-order valence-corrected chi connectivity index (χ2v) is 6.62. The molecule has 1 saturated heterocycles. The molecule has 2 aliphatic rings. The largest absolute Gasteiger partial charge is 0.480 e. The van der Waals surface area contributed by atoms with E-state index in [1.807, 2.05) is 0 Å². The van der Waals surface area contributed by atoms with E-state index in [0.717, 1.165) is 24.9 Å². The summed E-state index contributed by atoms with van der Waals surface area (Å²) in [5, 5.41) is 9.03. The van der Waals surface area contributed by atoms with E-state index in [-0.39, 0.29) is 0 Å². The Bertz CT molecular complexity index is 315. The normalized spacial score (nSPS) is 31.5. The lowest BCUT2D eigenvalue weighted by atomic mass is 9.78. The third-order valence-electron chi connectivity index (χ3n) is 4.99. The molecule has 2 rings (SSSR count). The monoisotopic (exact) mass is 268 g/mol. The third-order valence-corrected chi connectivity index (χ3v) is 4.99. The van der Waals surface area contributed by atoms with Gasteiger partial charge in [-0.25, -0.2) is 0 Å². The molecule has 1 aliphatic carbocycles. The average molecular weight is 268 g/mol. The Hall–Kier alpha value is -0.610. The minimum absolute atomic E-state index is 0.566. The van der Waals surface area contributed by atoms with Crippen molar-refractivity contribution in [3.63, 3.8) is 0 Å². The standard InChI is InChI=1S/C15H28N2O2/c1-15(16,14(18)19)9-5-11-17-10-4-7-12-6-2-3-8-13(12)17/h12-13H,2-11,16H2,1H3,(H,18,19). The lowest BCUT2D eigenvalue weighted by Gasteiger charge is -2.44. The molecular weight excluding hydrogens is 240 g/mol. The lowest BCUT2D eigenvalue weighted by molar-refractivity contribution is -0.143. The number of nitrogens with two attached hydrogens (primary N) is 1. The van der Waals surface area contributed by atoms with Crippen LogP contribution in [0, 0.1) is 5.92 Å². The van der Waals surface area contributed by atoms with Crippen LogP contribution in [0.25, 0.3) is 0 Å². The summed E-state index contributed by atoms with van der Waals surface area (Å²) in [6, 6.07) is 0.761. The van der Waals surface area contributed by atoms with Crippen molar-refractivity contribution in [2.45, 2.75) is 69.9 Å². The molecule has 0 radical (unpaired) electrons. The van der Waals surface area contributed by atoms with Gasteiger partial charge in [-0.1, -0.05) is 12.8 Å². The zero-order valence-electron chi connectivity index (χ0n) is 12.1. The fraction of sp³-hybridized carbons (Fsp3) is 0.933. The van der Waals surface area contributed by atoms with Gasteiger partial charge in [-0.05, 0) is 64.5 Å². The van der Waals surface area contributed by atoms with Crippen molar-refractivity contribution in [2.24, 2.45) is 11.7 Å². The summed E-state index contributed by atoms with van der Waals surface area (Å²) in [5.74, 6) is 0.00733. The predicted molar refractivity (Wildman–Crippen MR) is 76.0 cm³/mol. The summed E-state index contributed by atoms with van der Waals surface area (Å²) < 4.78 is 0. The number of nitrogens with zero attached hydrogens (tertiary/aromatic N) is 1. The summed E-state index contributed by atoms with van der Waals surface area (Å²) in [6.45, 7) is 3.83. The highest BCUT2D eigenvalue weighted by atomic mass is 16.4. The van der Waals surface area contributed by atoms with Crippen LogP contribution in [-0.4, -0.2) is 40.6 Å². The van der Waals surface area contributed by atoms with Gasteiger partial charge in [0, 0.05) is 6.04 Å². The first-order valence-corrected chi connectivity index (χ1v) is 7.77. The fourth-order valence-electron chi connectivity index (χ4n) is 3.76. The summed E-state index contributed by atoms with van der Waals surface area (Å²) in [4.78, 5) is 13.6. The molecule has 0 aromatic rings. The number of carboxylic acids is 1. The number of hydrogen-bond donors (Lipinski definition) is 2. The molecule has 110 valence electrons. The first-order chi connectivity index (χ1) is 9.00. The van der Waals surface area contributed by atoms with Gasteiger partial charge in [-0.2, -0.15) is 0 Å². The van der Waals surface area contributed by atoms with Gasteiger partial charge >= 0.3 is 5.97 Å². The van der Waals surface area contributed by atoms with Gasteiger partial charge in [-0.3, -0.25) is 4.79 Å². The van der Waals surface area contributed by atoms with Crippen molar-refractivity contribution in [1.82, 2.24) is 4.90 Å². The molecular formula is C15H28N2O2. The van der Waals surface area contributed by atoms with Crippen LogP contribution in [-0.2, 0) is 4.79 Å². The number of piperidine rings is 1. The zero-order chi connectivity index (χ0) is 13.9. The molecule has 0 aromatic carbocycles. The number of likely N-dealkylation sites (tertiary alicyclic amines) is 1. The van der Waals surface area contributed by atoms with E-state index in [1.54, 1.807) is 6.92 Å². The Morgan fingerprint density at radius 3 is 2.74 bits per heavy atom. The Balaban J connectivity index is 1.80. The smallest absolute Gasteiger partial charge is 0.323 e. The molecule has 2 fully saturated rings. The maximum absolute atomic E-state index is 11.0. The Morgan fingerprint density at radius 2 is 2.00 bits per heavy atom. The van der Waals surface area contributed by atoms with E-state index in [2.05, 4.69) is 4.90 Å². The van der Waals surface area contributed by atoms with Gasteiger partial charge in [0.05, 0.1) is 0 Å². The fourth-order valence-corrected chi connectivity index (χ4v) is 3.76. The quantitative estimate of drug-likeness (QED) is 0.802. The van der Waals surface area contributed by atoms with Crippen LogP contribution < -0.4 is 5.73 Å². The number of hydrogen-bond acceptors (Lipinski definition) is 3. The van der Waals surface area contributed by atoms with E-state index in [0.29, 0.717) is 6.42 Å². The molecule has 0 aromatic heterocycles. The van der Waals surface area contributed by atoms with Crippen LogP contribution in [0.1, 0.15) is 58.3 Å². The Kier molecular flexibility index (Phi) is 4.85. The maximum Gasteiger partial charge on any atom is 0.323 e. The molecule has 0 amide bonds. The first kappa shape index (κ1) is 14.8. The van der Waals surface area contributed by atoms with Gasteiger partial charge < -0.3 is 15.7 Å². The van der Waals surface area contributed by atoms with Crippen molar-refractivity contribution in [3.8, 4) is 0 Å². The van der Waals surface area contributed by atoms with Crippen LogP contribution in [0.3, 0.4) is 0 Å². The summed E-state index contributed by atoms with van der Waals surface area (Å²) in [5.41, 5.74) is 4.72. The number of aliphatic carboxylic acids is 1. The molecule has 3 N–H and O–H groups in total. The maximum atomic E-state index is 11.0. The third kappa shape index (κ3) is 3.69. The highest BCUT2D eigenvalue weighted by Gasteiger charge is 2.33. The van der Waals surface area contributed by atoms with Gasteiger partial charge in [0.2, 0.25) is 0 Å². The number of fused-ring (bicyclic) bond motifs is 1. The molecule has 1 heterocycles. The Morgan fingerprint density at radius 1 is 1.32 bits per heavy atom. The predicted octanol–water partition coefficient (Wildman–Crippen LogP) is 2.22. The average Bonchev–Trinajstić information content (AvgIpc) is 2.38. The molecule has 1 aliphatic heterocycles. The molecule has 19 heavy (non-hydrogen) atoms. The number of rotatable bonds is 5. The van der Waals surface area contributed by atoms with Crippen molar-refractivity contribution < 1.29 is 9.90 Å². The zero-order valence-corrected chi connectivity index (χ0v) is 12.1. The summed E-state index contributed by atoms with van der Waals surface area (Å²) >= 11 is 0. The van der Waals surface area contributed by atoms with E-state index >= 15 is 0 Å². The minimum atomic E-state index is -1.07. The van der Waals surface area contributed by atoms with Gasteiger partial charge in [0.1, 0.15) is 5.54 Å². The molecule has 0 bridgehead atoms. The van der Waals surface area contributed by atoms with Crippen LogP contribution >= 0.6 is 0 Å². The van der Waals surface area contributed by atoms with Crippen molar-refractivity contribution in [1.29, 1.82) is 0 Å². The molecule has 4 heteroatoms. The highest BCUT2D eigenvalue weighted by molar-refractivity contribution is 5.77. The van der Waals surface area contributed by atoms with Gasteiger partial charge in [0.15, 0.2) is 0 Å². The van der Waals surface area contributed by atoms with Crippen LogP contribution in [0.5, 0.6) is 0 Å². The van der Waals surface area contributed by atoms with E-state index in [4.69, 9.17) is 10.8 Å². The number of carboxylic acid groups (broad SMARTS) is 1. The highest BCUT2D eigenvalue weighted by Crippen LogP contribution is 2.35. The van der Waals surface area contributed by atoms with Crippen molar-refractivity contribution in [3.05, 3.63) is 0 Å². The Labute approximate surface area is 116 Å². The van der Waals surface area contributed by atoms with Crippen molar-refractivity contribution >= 4 is 5.97 Å². The van der Waals surface area contributed by atoms with Crippen LogP contribution in [0.15, 0.2) is 0 Å². The van der Waals surface area contributed by atoms with Gasteiger partial charge in [-0.15, -0.1) is 0 Å². The van der Waals surface area contributed by atoms with Crippen LogP contribution in [0.4, 0.5) is 0 Å². The van der Waals surface area contributed by atoms with Gasteiger partial charge in [0.25, 0.3) is 0 Å². The first-order valence-electron chi connectivity index (χ1n) is 7.77. The second-order valence-electron chi connectivity index (χ2n) is 6.62. The molecule has 3 unspecified atom stereocenters. The van der Waals surface area contributed by atoms with Crippen LogP contribution in [0.2, 0.25) is 0 Å². The SMILES string of the molecule is CC(N)(CCCN1CCCC2CCCCC21)C(=O)O. The summed E-state index contributed by atoms with van der Waals surface area (Å²) in [6.07, 6.45) is 9.65. The van der Waals surface area contributed by atoms with E-state index < -0.39 is 11.5 Å². The lowest BCUT2D eigenvalue weighted by Crippen LogP contribution is -2.48. The molecule has 4 nitrogen and oxygen atoms in total. The second kappa shape index (κ2) is 6.23. The summed E-state index contributed by atoms with van der Waals surface area (Å²) in [7, 11) is 0. The topological polar surface area (TPSA) is 66.6 Å². The minimum Gasteiger partial charge on any atom is -0.480 e. The van der Waals surface area contributed by atoms with Crippen molar-refractivity contribution in [2.75, 3.05) is 13.1 Å². The molecule has 1 saturated carbocycles.